The first-order valence-electron chi connectivity index (χ1n) is 8.68. The maximum Gasteiger partial charge on any atom is 0.258 e. The molecule has 4 nitrogen and oxygen atoms in total. The van der Waals surface area contributed by atoms with Crippen LogP contribution in [0.3, 0.4) is 0 Å². The molecular weight excluding hydrogens is 310 g/mol. The number of fused-ring (bicyclic) bond motifs is 2. The molecule has 0 spiro atoms. The molecule has 1 aromatic heterocycles. The lowest BCUT2D eigenvalue weighted by Gasteiger charge is -2.13. The SMILES string of the molecule is CCCN1Cc2nc3c(-c4ccccc4C)cccc3c(N)c2C1=O. The van der Waals surface area contributed by atoms with Gasteiger partial charge in [-0.3, -0.25) is 4.79 Å². The van der Waals surface area contributed by atoms with E-state index in [0.717, 1.165) is 40.7 Å². The second kappa shape index (κ2) is 5.88. The van der Waals surface area contributed by atoms with E-state index < -0.39 is 0 Å². The number of carbonyl (C=O) groups excluding carboxylic acids is 1. The molecule has 3 aromatic rings. The van der Waals surface area contributed by atoms with E-state index in [2.05, 4.69) is 32.0 Å². The quantitative estimate of drug-likeness (QED) is 0.784. The Labute approximate surface area is 147 Å². The average molecular weight is 331 g/mol. The van der Waals surface area contributed by atoms with Crippen LogP contribution in [0, 0.1) is 6.92 Å². The van der Waals surface area contributed by atoms with E-state index in [9.17, 15) is 4.79 Å². The number of nitrogens with two attached hydrogens (primary N) is 1. The molecule has 1 aliphatic heterocycles. The number of nitrogens with zero attached hydrogens (tertiary/aromatic N) is 2. The Bertz CT molecular complexity index is 994. The topological polar surface area (TPSA) is 59.2 Å². The number of rotatable bonds is 3. The molecule has 0 fully saturated rings. The zero-order valence-electron chi connectivity index (χ0n) is 14.5. The first-order chi connectivity index (χ1) is 12.1. The van der Waals surface area contributed by atoms with E-state index in [4.69, 9.17) is 10.7 Å². The molecule has 0 bridgehead atoms. The van der Waals surface area contributed by atoms with Gasteiger partial charge in [-0.05, 0) is 24.5 Å². The van der Waals surface area contributed by atoms with Crippen LogP contribution in [-0.4, -0.2) is 22.3 Å². The smallest absolute Gasteiger partial charge is 0.258 e. The molecule has 0 atom stereocenters. The predicted molar refractivity (Wildman–Crippen MR) is 101 cm³/mol. The second-order valence-corrected chi connectivity index (χ2v) is 6.59. The summed E-state index contributed by atoms with van der Waals surface area (Å²) in [6.45, 7) is 5.44. The molecule has 2 aromatic carbocycles. The summed E-state index contributed by atoms with van der Waals surface area (Å²) in [5, 5.41) is 0.853. The van der Waals surface area contributed by atoms with Crippen LogP contribution in [0.1, 0.15) is 35.0 Å². The standard InChI is InChI=1S/C21H21N3O/c1-3-11-24-12-17-18(21(24)25)19(22)16-10-6-9-15(20(16)23-17)14-8-5-4-7-13(14)2/h4-10H,3,11-12H2,1-2H3,(H2,22,23). The summed E-state index contributed by atoms with van der Waals surface area (Å²) in [6, 6.07) is 14.3. The molecule has 25 heavy (non-hydrogen) atoms. The molecule has 2 heterocycles. The Balaban J connectivity index is 1.97. The molecule has 126 valence electrons. The lowest BCUT2D eigenvalue weighted by molar-refractivity contribution is 0.0779. The number of aromatic nitrogens is 1. The van der Waals surface area contributed by atoms with Crippen LogP contribution in [0.2, 0.25) is 0 Å². The minimum atomic E-state index is 0.00467. The van der Waals surface area contributed by atoms with Crippen molar-refractivity contribution in [2.75, 3.05) is 12.3 Å². The molecule has 2 N–H and O–H groups in total. The molecule has 1 aliphatic rings. The maximum absolute atomic E-state index is 12.7. The molecule has 4 heteroatoms. The number of hydrogen-bond donors (Lipinski definition) is 1. The third-order valence-corrected chi connectivity index (χ3v) is 4.90. The zero-order chi connectivity index (χ0) is 17.6. The summed E-state index contributed by atoms with van der Waals surface area (Å²) < 4.78 is 0. The van der Waals surface area contributed by atoms with E-state index >= 15 is 0 Å². The minimum absolute atomic E-state index is 0.00467. The van der Waals surface area contributed by atoms with Gasteiger partial charge in [-0.1, -0.05) is 49.4 Å². The van der Waals surface area contributed by atoms with Gasteiger partial charge in [0.25, 0.3) is 5.91 Å². The van der Waals surface area contributed by atoms with Crippen LogP contribution < -0.4 is 5.73 Å². The highest BCUT2D eigenvalue weighted by molar-refractivity contribution is 6.11. The highest BCUT2D eigenvalue weighted by Gasteiger charge is 2.31. The van der Waals surface area contributed by atoms with Gasteiger partial charge in [0, 0.05) is 17.5 Å². The van der Waals surface area contributed by atoms with Gasteiger partial charge in [-0.25, -0.2) is 4.98 Å². The molecule has 0 saturated carbocycles. The van der Waals surface area contributed by atoms with E-state index in [1.165, 1.54) is 5.56 Å². The molecule has 1 amide bonds. The molecular formula is C21H21N3O. The van der Waals surface area contributed by atoms with E-state index in [1.807, 2.05) is 29.2 Å². The number of benzene rings is 2. The Morgan fingerprint density at radius 2 is 1.88 bits per heavy atom. The summed E-state index contributed by atoms with van der Waals surface area (Å²) in [4.78, 5) is 19.4. The number of anilines is 1. The van der Waals surface area contributed by atoms with Crippen LogP contribution in [-0.2, 0) is 6.54 Å². The van der Waals surface area contributed by atoms with E-state index in [-0.39, 0.29) is 5.91 Å². The largest absolute Gasteiger partial charge is 0.397 e. The highest BCUT2D eigenvalue weighted by Crippen LogP contribution is 2.37. The number of amides is 1. The highest BCUT2D eigenvalue weighted by atomic mass is 16.2. The van der Waals surface area contributed by atoms with Crippen molar-refractivity contribution in [3.05, 3.63) is 59.3 Å². The number of nitrogen functional groups attached to an aromatic ring is 1. The Kier molecular flexibility index (Phi) is 3.68. The van der Waals surface area contributed by atoms with Gasteiger partial charge >= 0.3 is 0 Å². The van der Waals surface area contributed by atoms with Crippen molar-refractivity contribution in [3.63, 3.8) is 0 Å². The second-order valence-electron chi connectivity index (χ2n) is 6.59. The normalized spacial score (nSPS) is 13.5. The monoisotopic (exact) mass is 331 g/mol. The Morgan fingerprint density at radius 3 is 2.64 bits per heavy atom. The Morgan fingerprint density at radius 1 is 1.12 bits per heavy atom. The van der Waals surface area contributed by atoms with Crippen molar-refractivity contribution >= 4 is 22.5 Å². The lowest BCUT2D eigenvalue weighted by atomic mass is 9.96. The zero-order valence-corrected chi connectivity index (χ0v) is 14.5. The van der Waals surface area contributed by atoms with Crippen molar-refractivity contribution in [2.24, 2.45) is 0 Å². The number of aryl methyl sites for hydroxylation is 1. The van der Waals surface area contributed by atoms with Crippen molar-refractivity contribution in [2.45, 2.75) is 26.8 Å². The van der Waals surface area contributed by atoms with Gasteiger partial charge in [0.15, 0.2) is 0 Å². The summed E-state index contributed by atoms with van der Waals surface area (Å²) in [5.41, 5.74) is 12.6. The van der Waals surface area contributed by atoms with E-state index in [1.54, 1.807) is 0 Å². The van der Waals surface area contributed by atoms with Gasteiger partial charge in [0.1, 0.15) is 0 Å². The Hall–Kier alpha value is -2.88. The minimum Gasteiger partial charge on any atom is -0.397 e. The first-order valence-corrected chi connectivity index (χ1v) is 8.68. The predicted octanol–water partition coefficient (Wildman–Crippen LogP) is 4.16. The van der Waals surface area contributed by atoms with Gasteiger partial charge in [0.2, 0.25) is 0 Å². The van der Waals surface area contributed by atoms with Gasteiger partial charge < -0.3 is 10.6 Å². The van der Waals surface area contributed by atoms with Gasteiger partial charge in [-0.15, -0.1) is 0 Å². The number of carbonyl (C=O) groups is 1. The fraction of sp³-hybridized carbons (Fsp3) is 0.238. The lowest BCUT2D eigenvalue weighted by Crippen LogP contribution is -2.24. The van der Waals surface area contributed by atoms with Crippen molar-refractivity contribution < 1.29 is 4.79 Å². The molecule has 0 saturated heterocycles. The van der Waals surface area contributed by atoms with Crippen LogP contribution in [0.15, 0.2) is 42.5 Å². The van der Waals surface area contributed by atoms with Crippen molar-refractivity contribution in [1.29, 1.82) is 0 Å². The first kappa shape index (κ1) is 15.6. The molecule has 4 rings (SSSR count). The number of hydrogen-bond acceptors (Lipinski definition) is 3. The van der Waals surface area contributed by atoms with E-state index in [0.29, 0.717) is 17.8 Å². The summed E-state index contributed by atoms with van der Waals surface area (Å²) in [7, 11) is 0. The number of para-hydroxylation sites is 1. The van der Waals surface area contributed by atoms with Crippen LogP contribution >= 0.6 is 0 Å². The molecule has 0 aliphatic carbocycles. The van der Waals surface area contributed by atoms with Crippen molar-refractivity contribution in [3.8, 4) is 11.1 Å². The van der Waals surface area contributed by atoms with Gasteiger partial charge in [-0.2, -0.15) is 0 Å². The molecule has 0 radical (unpaired) electrons. The fourth-order valence-corrected chi connectivity index (χ4v) is 3.67. The van der Waals surface area contributed by atoms with Crippen molar-refractivity contribution in [1.82, 2.24) is 9.88 Å². The third kappa shape index (κ3) is 2.37. The summed E-state index contributed by atoms with van der Waals surface area (Å²) in [6.07, 6.45) is 0.924. The average Bonchev–Trinajstić information content (AvgIpc) is 2.92. The maximum atomic E-state index is 12.7. The van der Waals surface area contributed by atoms with Crippen LogP contribution in [0.25, 0.3) is 22.0 Å². The fourth-order valence-electron chi connectivity index (χ4n) is 3.67. The van der Waals surface area contributed by atoms with Crippen LogP contribution in [0.4, 0.5) is 5.69 Å². The summed E-state index contributed by atoms with van der Waals surface area (Å²) in [5.74, 6) is 0.00467. The number of pyridine rings is 1. The van der Waals surface area contributed by atoms with Crippen LogP contribution in [0.5, 0.6) is 0 Å². The summed E-state index contributed by atoms with van der Waals surface area (Å²) >= 11 is 0. The molecule has 0 unspecified atom stereocenters. The van der Waals surface area contributed by atoms with Gasteiger partial charge in [0.05, 0.1) is 29.0 Å². The third-order valence-electron chi connectivity index (χ3n) is 4.90.